The normalized spacial score (nSPS) is 26.0. The maximum absolute atomic E-state index is 12.7. The maximum Gasteiger partial charge on any atom is 0.316 e. The molecule has 3 atom stereocenters. The van der Waals surface area contributed by atoms with Gasteiger partial charge >= 0.3 is 5.97 Å². The Morgan fingerprint density at radius 1 is 1.55 bits per heavy atom. The predicted molar refractivity (Wildman–Crippen MR) is 106 cm³/mol. The maximum atomic E-state index is 12.7. The van der Waals surface area contributed by atoms with Crippen molar-refractivity contribution < 1.29 is 29.1 Å². The van der Waals surface area contributed by atoms with E-state index in [1.807, 2.05) is 0 Å². The molecule has 3 rings (SSSR count). The standard InChI is InChI=1S/C16H17N5O6S2/c1-3-16(14(25)26)5-21-12(24)10(13(21)29-6-16)19-11(23)9(20-27-2)8-4-28-15(18-8)17-7-22/h3-4,7,10,13H,1,5-6H2,2H3,(H,19,23)(H,25,26)(H,17,18,22)/t10?,13-,16?/m1/s1. The van der Waals surface area contributed by atoms with Gasteiger partial charge in [0.15, 0.2) is 10.8 Å². The lowest BCUT2D eigenvalue weighted by Crippen LogP contribution is -2.73. The number of oxime groups is 1. The number of carbonyl (C=O) groups excluding carboxylic acids is 3. The monoisotopic (exact) mass is 439 g/mol. The summed E-state index contributed by atoms with van der Waals surface area (Å²) in [6.07, 6.45) is 1.80. The molecule has 0 saturated carbocycles. The minimum Gasteiger partial charge on any atom is -0.481 e. The van der Waals surface area contributed by atoms with E-state index in [-0.39, 0.29) is 40.1 Å². The summed E-state index contributed by atoms with van der Waals surface area (Å²) in [6.45, 7) is 3.58. The number of nitrogens with zero attached hydrogens (tertiary/aromatic N) is 3. The smallest absolute Gasteiger partial charge is 0.316 e. The number of hydrogen-bond acceptors (Lipinski definition) is 9. The van der Waals surface area contributed by atoms with Gasteiger partial charge in [0.2, 0.25) is 12.3 Å². The van der Waals surface area contributed by atoms with Gasteiger partial charge in [0.1, 0.15) is 29.6 Å². The van der Waals surface area contributed by atoms with Crippen LogP contribution in [0.15, 0.2) is 23.2 Å². The molecule has 2 fully saturated rings. The van der Waals surface area contributed by atoms with Gasteiger partial charge in [0.05, 0.1) is 0 Å². The van der Waals surface area contributed by atoms with Gasteiger partial charge in [-0.15, -0.1) is 29.7 Å². The van der Waals surface area contributed by atoms with Crippen LogP contribution in [0.4, 0.5) is 5.13 Å². The zero-order chi connectivity index (χ0) is 21.2. The van der Waals surface area contributed by atoms with Gasteiger partial charge in [-0.05, 0) is 0 Å². The fourth-order valence-electron chi connectivity index (χ4n) is 2.94. The second-order valence-electron chi connectivity index (χ2n) is 6.21. The van der Waals surface area contributed by atoms with E-state index in [9.17, 15) is 24.3 Å². The Kier molecular flexibility index (Phi) is 5.88. The minimum atomic E-state index is -1.21. The molecule has 11 nitrogen and oxygen atoms in total. The number of hydrogen-bond donors (Lipinski definition) is 3. The molecule has 13 heteroatoms. The molecule has 1 aromatic heterocycles. The van der Waals surface area contributed by atoms with Gasteiger partial charge in [0.25, 0.3) is 5.91 Å². The van der Waals surface area contributed by atoms with Gasteiger partial charge in [-0.25, -0.2) is 4.98 Å². The Morgan fingerprint density at radius 3 is 2.93 bits per heavy atom. The number of aromatic nitrogens is 1. The van der Waals surface area contributed by atoms with Crippen LogP contribution in [0.1, 0.15) is 5.69 Å². The number of rotatable bonds is 8. The molecule has 29 heavy (non-hydrogen) atoms. The first-order valence-electron chi connectivity index (χ1n) is 8.24. The molecule has 0 bridgehead atoms. The Hall–Kier alpha value is -2.93. The molecule has 2 saturated heterocycles. The van der Waals surface area contributed by atoms with Gasteiger partial charge in [-0.3, -0.25) is 19.2 Å². The summed E-state index contributed by atoms with van der Waals surface area (Å²) in [4.78, 5) is 57.5. The number of carboxylic acids is 1. The highest BCUT2D eigenvalue weighted by molar-refractivity contribution is 8.00. The number of carbonyl (C=O) groups is 4. The lowest BCUT2D eigenvalue weighted by molar-refractivity contribution is -0.156. The van der Waals surface area contributed by atoms with E-state index >= 15 is 0 Å². The average molecular weight is 439 g/mol. The predicted octanol–water partition coefficient (Wildman–Crippen LogP) is -0.281. The molecular weight excluding hydrogens is 422 g/mol. The van der Waals surface area contributed by atoms with Crippen molar-refractivity contribution in [2.24, 2.45) is 10.6 Å². The summed E-state index contributed by atoms with van der Waals surface area (Å²) in [5.74, 6) is -1.87. The molecular formula is C16H17N5O6S2. The molecule has 2 aliphatic heterocycles. The summed E-state index contributed by atoms with van der Waals surface area (Å²) in [5, 5.41) is 19.5. The molecule has 0 aliphatic carbocycles. The molecule has 1 aromatic rings. The van der Waals surface area contributed by atoms with E-state index < -0.39 is 23.3 Å². The van der Waals surface area contributed by atoms with Crippen LogP contribution in [0.2, 0.25) is 0 Å². The van der Waals surface area contributed by atoms with Crippen LogP contribution in [0.25, 0.3) is 0 Å². The number of amides is 3. The largest absolute Gasteiger partial charge is 0.481 e. The number of β-lactam (4-membered cyclic amide) rings is 1. The third-order valence-corrected chi connectivity index (χ3v) is 6.86. The van der Waals surface area contributed by atoms with Gasteiger partial charge < -0.3 is 25.5 Å². The molecule has 0 spiro atoms. The number of anilines is 1. The number of carboxylic acid groups (broad SMARTS) is 1. The first-order valence-corrected chi connectivity index (χ1v) is 10.2. The van der Waals surface area contributed by atoms with E-state index in [0.717, 1.165) is 11.3 Å². The Bertz CT molecular complexity index is 902. The fraction of sp³-hybridized carbons (Fsp3) is 0.375. The second kappa shape index (κ2) is 8.21. The van der Waals surface area contributed by atoms with Gasteiger partial charge in [-0.1, -0.05) is 11.2 Å². The Labute approximate surface area is 173 Å². The SMILES string of the molecule is C=CC1(C(=O)O)CS[C@@H]2C(NC(=O)C(=NOC)c3csc(NC=O)n3)C(=O)N2C1. The highest BCUT2D eigenvalue weighted by Gasteiger charge is 2.56. The topological polar surface area (TPSA) is 150 Å². The molecule has 3 amide bonds. The Balaban J connectivity index is 1.71. The van der Waals surface area contributed by atoms with Gasteiger partial charge in [0, 0.05) is 17.7 Å². The van der Waals surface area contributed by atoms with Crippen molar-refractivity contribution >= 4 is 58.1 Å². The molecule has 3 heterocycles. The van der Waals surface area contributed by atoms with Crippen LogP contribution in [0, 0.1) is 5.41 Å². The number of thiazole rings is 1. The Morgan fingerprint density at radius 2 is 2.31 bits per heavy atom. The van der Waals surface area contributed by atoms with E-state index in [4.69, 9.17) is 4.84 Å². The summed E-state index contributed by atoms with van der Waals surface area (Å²) < 4.78 is 0. The van der Waals surface area contributed by atoms with Gasteiger partial charge in [-0.2, -0.15) is 0 Å². The van der Waals surface area contributed by atoms with E-state index in [1.54, 1.807) is 0 Å². The third-order valence-electron chi connectivity index (χ3n) is 4.54. The van der Waals surface area contributed by atoms with E-state index in [0.29, 0.717) is 6.41 Å². The summed E-state index contributed by atoms with van der Waals surface area (Å²) >= 11 is 2.36. The second-order valence-corrected chi connectivity index (χ2v) is 8.17. The molecule has 2 aliphatic rings. The number of aliphatic carboxylic acids is 1. The molecule has 0 aromatic carbocycles. The first-order chi connectivity index (χ1) is 13.9. The highest BCUT2D eigenvalue weighted by Crippen LogP contribution is 2.42. The van der Waals surface area contributed by atoms with Crippen LogP contribution in [-0.2, 0) is 24.0 Å². The van der Waals surface area contributed by atoms with Crippen LogP contribution in [0.3, 0.4) is 0 Å². The minimum absolute atomic E-state index is 0.000528. The van der Waals surface area contributed by atoms with Crippen molar-refractivity contribution in [3.05, 3.63) is 23.7 Å². The fourth-order valence-corrected chi connectivity index (χ4v) is 5.13. The lowest BCUT2D eigenvalue weighted by atomic mass is 9.87. The summed E-state index contributed by atoms with van der Waals surface area (Å²) in [7, 11) is 1.26. The lowest BCUT2D eigenvalue weighted by Gasteiger charge is -2.53. The van der Waals surface area contributed by atoms with Crippen molar-refractivity contribution in [3.63, 3.8) is 0 Å². The van der Waals surface area contributed by atoms with Crippen molar-refractivity contribution in [2.75, 3.05) is 24.7 Å². The summed E-state index contributed by atoms with van der Waals surface area (Å²) in [5.41, 5.74) is -1.19. The molecule has 3 N–H and O–H groups in total. The highest BCUT2D eigenvalue weighted by atomic mass is 32.2. The van der Waals surface area contributed by atoms with Crippen LogP contribution in [0.5, 0.6) is 0 Å². The number of thioether (sulfide) groups is 1. The zero-order valence-corrected chi connectivity index (χ0v) is 16.8. The number of nitrogens with one attached hydrogen (secondary N) is 2. The van der Waals surface area contributed by atoms with Crippen molar-refractivity contribution in [2.45, 2.75) is 11.4 Å². The average Bonchev–Trinajstić information content (AvgIpc) is 3.17. The summed E-state index contributed by atoms with van der Waals surface area (Å²) in [6, 6.07) is -0.822. The van der Waals surface area contributed by atoms with E-state index in [2.05, 4.69) is 27.4 Å². The van der Waals surface area contributed by atoms with Crippen molar-refractivity contribution in [3.8, 4) is 0 Å². The van der Waals surface area contributed by atoms with Crippen molar-refractivity contribution in [1.29, 1.82) is 0 Å². The molecule has 2 unspecified atom stereocenters. The number of fused-ring (bicyclic) bond motifs is 1. The van der Waals surface area contributed by atoms with Crippen LogP contribution < -0.4 is 10.6 Å². The molecule has 0 radical (unpaired) electrons. The first kappa shape index (κ1) is 20.8. The van der Waals surface area contributed by atoms with Crippen LogP contribution in [-0.4, -0.2) is 75.7 Å². The van der Waals surface area contributed by atoms with Crippen molar-refractivity contribution in [1.82, 2.24) is 15.2 Å². The molecule has 154 valence electrons. The van der Waals surface area contributed by atoms with E-state index in [1.165, 1.54) is 35.2 Å². The zero-order valence-electron chi connectivity index (χ0n) is 15.2. The van der Waals surface area contributed by atoms with Crippen LogP contribution >= 0.6 is 23.1 Å². The third kappa shape index (κ3) is 3.70. The quantitative estimate of drug-likeness (QED) is 0.165.